The highest BCUT2D eigenvalue weighted by molar-refractivity contribution is 7.99. The van der Waals surface area contributed by atoms with Crippen molar-refractivity contribution in [3.05, 3.63) is 23.3 Å². The molecule has 1 aromatic heterocycles. The zero-order valence-corrected chi connectivity index (χ0v) is 8.64. The minimum Gasteiger partial charge on any atom is -0.398 e. The monoisotopic (exact) mass is 213 g/mol. The van der Waals surface area contributed by atoms with E-state index in [1.165, 1.54) is 17.4 Å². The first kappa shape index (κ1) is 8.84. The lowest BCUT2D eigenvalue weighted by molar-refractivity contribution is 0.638. The van der Waals surface area contributed by atoms with Crippen LogP contribution in [0.1, 0.15) is 0 Å². The highest BCUT2D eigenvalue weighted by atomic mass is 32.2. The van der Waals surface area contributed by atoms with Crippen LogP contribution in [0.3, 0.4) is 0 Å². The van der Waals surface area contributed by atoms with Crippen LogP contribution in [-0.2, 0) is 0 Å². The van der Waals surface area contributed by atoms with Gasteiger partial charge in [-0.2, -0.15) is 0 Å². The van der Waals surface area contributed by atoms with Crippen LogP contribution in [0, 0.1) is 5.82 Å². The van der Waals surface area contributed by atoms with Gasteiger partial charge in [0.2, 0.25) is 0 Å². The molecule has 68 valence electrons. The molecule has 0 saturated carbocycles. The third kappa shape index (κ3) is 1.30. The molecule has 0 aliphatic heterocycles. The third-order valence-electron chi connectivity index (χ3n) is 1.89. The lowest BCUT2D eigenvalue weighted by Gasteiger charge is -1.98. The van der Waals surface area contributed by atoms with Crippen LogP contribution in [0.25, 0.3) is 10.1 Å². The topological polar surface area (TPSA) is 26.0 Å². The Kier molecular flexibility index (Phi) is 2.17. The Hall–Kier alpha value is -0.740. The number of thiophene rings is 1. The number of nitrogen functional groups attached to an aromatic ring is 1. The standard InChI is InChI=1S/C9H8FNS2/c1-12-7-4-13-9-6(11)3-2-5(10)8(7)9/h2-4H,11H2,1H3. The smallest absolute Gasteiger partial charge is 0.133 e. The van der Waals surface area contributed by atoms with Crippen LogP contribution < -0.4 is 5.73 Å². The Morgan fingerprint density at radius 2 is 2.23 bits per heavy atom. The van der Waals surface area contributed by atoms with Crippen LogP contribution >= 0.6 is 23.1 Å². The van der Waals surface area contributed by atoms with E-state index in [9.17, 15) is 4.39 Å². The van der Waals surface area contributed by atoms with Crippen molar-refractivity contribution in [1.29, 1.82) is 0 Å². The Morgan fingerprint density at radius 3 is 2.92 bits per heavy atom. The predicted octanol–water partition coefficient (Wildman–Crippen LogP) is 3.34. The molecule has 1 aromatic carbocycles. The quantitative estimate of drug-likeness (QED) is 0.580. The first-order valence-corrected chi connectivity index (χ1v) is 5.83. The summed E-state index contributed by atoms with van der Waals surface area (Å²) >= 11 is 3.04. The molecule has 0 saturated heterocycles. The van der Waals surface area contributed by atoms with Crippen molar-refractivity contribution >= 4 is 38.9 Å². The molecule has 0 unspecified atom stereocenters. The second-order valence-corrected chi connectivity index (χ2v) is 4.37. The molecule has 2 rings (SSSR count). The van der Waals surface area contributed by atoms with E-state index in [-0.39, 0.29) is 5.82 Å². The minimum atomic E-state index is -0.185. The molecule has 0 aliphatic carbocycles. The maximum absolute atomic E-state index is 13.4. The van der Waals surface area contributed by atoms with E-state index in [0.717, 1.165) is 9.60 Å². The SMILES string of the molecule is CSc1csc2c(N)ccc(F)c12. The van der Waals surface area contributed by atoms with Gasteiger partial charge >= 0.3 is 0 Å². The fourth-order valence-electron chi connectivity index (χ4n) is 1.25. The number of fused-ring (bicyclic) bond motifs is 1. The molecular formula is C9H8FNS2. The van der Waals surface area contributed by atoms with E-state index in [2.05, 4.69) is 0 Å². The average Bonchev–Trinajstić information content (AvgIpc) is 2.56. The molecule has 1 heterocycles. The third-order valence-corrected chi connectivity index (χ3v) is 3.83. The molecule has 13 heavy (non-hydrogen) atoms. The predicted molar refractivity (Wildman–Crippen MR) is 58.0 cm³/mol. The van der Waals surface area contributed by atoms with Crippen molar-refractivity contribution in [3.63, 3.8) is 0 Å². The number of thioether (sulfide) groups is 1. The molecule has 0 atom stereocenters. The maximum atomic E-state index is 13.4. The number of halogens is 1. The minimum absolute atomic E-state index is 0.185. The zero-order valence-electron chi connectivity index (χ0n) is 7.00. The van der Waals surface area contributed by atoms with E-state index in [4.69, 9.17) is 5.73 Å². The summed E-state index contributed by atoms with van der Waals surface area (Å²) in [6.45, 7) is 0. The summed E-state index contributed by atoms with van der Waals surface area (Å²) in [7, 11) is 0. The van der Waals surface area contributed by atoms with Crippen LogP contribution in [0.5, 0.6) is 0 Å². The molecule has 0 radical (unpaired) electrons. The van der Waals surface area contributed by atoms with E-state index < -0.39 is 0 Å². The largest absolute Gasteiger partial charge is 0.398 e. The van der Waals surface area contributed by atoms with Crippen LogP contribution in [0.2, 0.25) is 0 Å². The van der Waals surface area contributed by atoms with Gasteiger partial charge in [0.1, 0.15) is 5.82 Å². The summed E-state index contributed by atoms with van der Waals surface area (Å²) in [4.78, 5) is 0.963. The molecule has 4 heteroatoms. The summed E-state index contributed by atoms with van der Waals surface area (Å²) in [6.07, 6.45) is 1.93. The van der Waals surface area contributed by atoms with E-state index in [1.807, 2.05) is 11.6 Å². The molecule has 0 amide bonds. The number of hydrogen-bond acceptors (Lipinski definition) is 3. The Bertz CT molecular complexity index is 450. The van der Waals surface area contributed by atoms with E-state index in [0.29, 0.717) is 11.1 Å². The van der Waals surface area contributed by atoms with Crippen molar-refractivity contribution in [2.45, 2.75) is 4.90 Å². The molecule has 2 aromatic rings. The van der Waals surface area contributed by atoms with E-state index >= 15 is 0 Å². The second kappa shape index (κ2) is 3.20. The van der Waals surface area contributed by atoms with Crippen molar-refractivity contribution in [3.8, 4) is 0 Å². The summed E-state index contributed by atoms with van der Waals surface area (Å²) in [5.41, 5.74) is 6.38. The number of hydrogen-bond donors (Lipinski definition) is 1. The van der Waals surface area contributed by atoms with E-state index in [1.54, 1.807) is 17.8 Å². The first-order valence-electron chi connectivity index (χ1n) is 3.73. The average molecular weight is 213 g/mol. The van der Waals surface area contributed by atoms with Crippen molar-refractivity contribution in [2.75, 3.05) is 12.0 Å². The van der Waals surface area contributed by atoms with Crippen LogP contribution in [-0.4, -0.2) is 6.26 Å². The normalized spacial score (nSPS) is 10.9. The Balaban J connectivity index is 2.87. The fourth-order valence-corrected chi connectivity index (χ4v) is 3.12. The molecule has 2 N–H and O–H groups in total. The van der Waals surface area contributed by atoms with Gasteiger partial charge in [-0.15, -0.1) is 23.1 Å². The van der Waals surface area contributed by atoms with Gasteiger partial charge in [0.05, 0.1) is 4.70 Å². The van der Waals surface area contributed by atoms with Gasteiger partial charge in [-0.1, -0.05) is 0 Å². The van der Waals surface area contributed by atoms with Crippen molar-refractivity contribution < 1.29 is 4.39 Å². The fraction of sp³-hybridized carbons (Fsp3) is 0.111. The number of benzene rings is 1. The highest BCUT2D eigenvalue weighted by Gasteiger charge is 2.10. The van der Waals surface area contributed by atoms with Gasteiger partial charge in [-0.25, -0.2) is 4.39 Å². The summed E-state index contributed by atoms with van der Waals surface area (Å²) in [6, 6.07) is 3.03. The molecule has 0 bridgehead atoms. The van der Waals surface area contributed by atoms with Crippen LogP contribution in [0.4, 0.5) is 10.1 Å². The molecular weight excluding hydrogens is 205 g/mol. The first-order chi connectivity index (χ1) is 6.24. The van der Waals surface area contributed by atoms with Crippen molar-refractivity contribution in [2.24, 2.45) is 0 Å². The van der Waals surface area contributed by atoms with Gasteiger partial charge in [-0.05, 0) is 18.4 Å². The summed E-state index contributed by atoms with van der Waals surface area (Å²) in [5, 5.41) is 2.60. The number of anilines is 1. The lowest BCUT2D eigenvalue weighted by atomic mass is 10.2. The number of rotatable bonds is 1. The molecule has 0 aliphatic rings. The number of nitrogens with two attached hydrogens (primary N) is 1. The molecule has 1 nitrogen and oxygen atoms in total. The Morgan fingerprint density at radius 1 is 1.46 bits per heavy atom. The Labute approximate surface area is 83.7 Å². The maximum Gasteiger partial charge on any atom is 0.133 e. The molecule has 0 fully saturated rings. The van der Waals surface area contributed by atoms with Gasteiger partial charge in [-0.3, -0.25) is 0 Å². The lowest BCUT2D eigenvalue weighted by Crippen LogP contribution is -1.86. The van der Waals surface area contributed by atoms with Gasteiger partial charge in [0.25, 0.3) is 0 Å². The van der Waals surface area contributed by atoms with Gasteiger partial charge < -0.3 is 5.73 Å². The van der Waals surface area contributed by atoms with Crippen LogP contribution in [0.15, 0.2) is 22.4 Å². The van der Waals surface area contributed by atoms with Gasteiger partial charge in [0, 0.05) is 21.3 Å². The van der Waals surface area contributed by atoms with Crippen molar-refractivity contribution in [1.82, 2.24) is 0 Å². The van der Waals surface area contributed by atoms with Gasteiger partial charge in [0.15, 0.2) is 0 Å². The zero-order chi connectivity index (χ0) is 9.42. The summed E-state index contributed by atoms with van der Waals surface area (Å²) in [5.74, 6) is -0.185. The second-order valence-electron chi connectivity index (χ2n) is 2.64. The summed E-state index contributed by atoms with van der Waals surface area (Å²) < 4.78 is 14.2. The molecule has 0 spiro atoms. The highest BCUT2D eigenvalue weighted by Crippen LogP contribution is 2.37.